The predicted molar refractivity (Wildman–Crippen MR) is 108 cm³/mol. The smallest absolute Gasteiger partial charge is 0.253 e. The third kappa shape index (κ3) is 3.47. The van der Waals surface area contributed by atoms with Crippen molar-refractivity contribution >= 4 is 5.91 Å². The van der Waals surface area contributed by atoms with Gasteiger partial charge in [0, 0.05) is 25.7 Å². The number of carbonyl (C=O) groups is 1. The van der Waals surface area contributed by atoms with Crippen LogP contribution in [0, 0.1) is 12.8 Å². The number of benzene rings is 1. The van der Waals surface area contributed by atoms with E-state index in [1.807, 2.05) is 13.0 Å². The van der Waals surface area contributed by atoms with Gasteiger partial charge < -0.3 is 9.84 Å². The highest BCUT2D eigenvalue weighted by Gasteiger charge is 2.57. The quantitative estimate of drug-likeness (QED) is 0.696. The van der Waals surface area contributed by atoms with Gasteiger partial charge in [-0.1, -0.05) is 35.5 Å². The van der Waals surface area contributed by atoms with Gasteiger partial charge in [0.1, 0.15) is 0 Å². The molecule has 1 aliphatic carbocycles. The summed E-state index contributed by atoms with van der Waals surface area (Å²) in [5.41, 5.74) is 1.59. The first-order valence-corrected chi connectivity index (χ1v) is 10.3. The molecule has 3 aromatic rings. The van der Waals surface area contributed by atoms with Crippen molar-refractivity contribution in [1.29, 1.82) is 0 Å². The summed E-state index contributed by atoms with van der Waals surface area (Å²) < 4.78 is 5.67. The van der Waals surface area contributed by atoms with Crippen LogP contribution in [-0.4, -0.2) is 50.3 Å². The van der Waals surface area contributed by atoms with Crippen molar-refractivity contribution in [3.63, 3.8) is 0 Å². The number of likely N-dealkylation sites (tertiary alicyclic amines) is 1. The lowest BCUT2D eigenvalue weighted by atomic mass is 9.80. The fourth-order valence-electron chi connectivity index (χ4n) is 5.07. The number of aromatic nitrogens is 4. The molecule has 1 saturated carbocycles. The molecule has 1 amide bonds. The van der Waals surface area contributed by atoms with Crippen molar-refractivity contribution in [3.8, 4) is 0 Å². The Morgan fingerprint density at radius 2 is 2.13 bits per heavy atom. The van der Waals surface area contributed by atoms with Gasteiger partial charge in [-0.15, -0.1) is 0 Å². The van der Waals surface area contributed by atoms with Crippen LogP contribution in [-0.2, 0) is 12.0 Å². The third-order valence-corrected chi connectivity index (χ3v) is 6.33. The number of rotatable bonds is 5. The lowest BCUT2D eigenvalue weighted by Crippen LogP contribution is -2.38. The van der Waals surface area contributed by atoms with Gasteiger partial charge in [-0.05, 0) is 37.3 Å². The molecule has 1 aliphatic heterocycles. The van der Waals surface area contributed by atoms with Crippen LogP contribution in [0.2, 0.25) is 0 Å². The molecule has 2 aromatic heterocycles. The molecular weight excluding hydrogens is 380 g/mol. The van der Waals surface area contributed by atoms with Crippen LogP contribution >= 0.6 is 0 Å². The molecule has 154 valence electrons. The summed E-state index contributed by atoms with van der Waals surface area (Å²) in [6.07, 6.45) is 4.69. The first kappa shape index (κ1) is 18.9. The molecule has 8 heteroatoms. The van der Waals surface area contributed by atoms with Crippen molar-refractivity contribution in [2.75, 3.05) is 13.1 Å². The van der Waals surface area contributed by atoms with Gasteiger partial charge in [0.25, 0.3) is 5.91 Å². The van der Waals surface area contributed by atoms with Crippen molar-refractivity contribution in [3.05, 3.63) is 71.6 Å². The first-order chi connectivity index (χ1) is 14.6. The lowest BCUT2D eigenvalue weighted by Gasteiger charge is -2.25. The fourth-order valence-corrected chi connectivity index (χ4v) is 5.07. The maximum Gasteiger partial charge on any atom is 0.253 e. The number of nitrogens with one attached hydrogen (secondary N) is 1. The van der Waals surface area contributed by atoms with Crippen molar-refractivity contribution in [2.24, 2.45) is 5.92 Å². The van der Waals surface area contributed by atoms with E-state index >= 15 is 0 Å². The molecule has 5 rings (SSSR count). The third-order valence-electron chi connectivity index (χ3n) is 6.33. The topological polar surface area (TPSA) is 97.0 Å². The number of fused-ring (bicyclic) bond motifs is 1. The lowest BCUT2D eigenvalue weighted by molar-refractivity contribution is 0.0933. The van der Waals surface area contributed by atoms with Crippen LogP contribution in [0.4, 0.5) is 0 Å². The Kier molecular flexibility index (Phi) is 4.78. The normalized spacial score (nSPS) is 25.9. The maximum atomic E-state index is 12.6. The molecule has 8 nitrogen and oxygen atoms in total. The minimum absolute atomic E-state index is 0.0572. The zero-order valence-corrected chi connectivity index (χ0v) is 16.9. The minimum atomic E-state index is -0.232. The van der Waals surface area contributed by atoms with E-state index in [9.17, 15) is 4.79 Å². The molecule has 1 aromatic carbocycles. The van der Waals surface area contributed by atoms with Gasteiger partial charge >= 0.3 is 0 Å². The monoisotopic (exact) mass is 404 g/mol. The average Bonchev–Trinajstić information content (AvgIpc) is 3.42. The highest BCUT2D eigenvalue weighted by molar-refractivity contribution is 5.93. The van der Waals surface area contributed by atoms with E-state index in [2.05, 4.69) is 54.8 Å². The highest BCUT2D eigenvalue weighted by Crippen LogP contribution is 2.50. The minimum Gasteiger partial charge on any atom is -0.349 e. The average molecular weight is 404 g/mol. The molecule has 0 radical (unpaired) electrons. The molecule has 0 bridgehead atoms. The van der Waals surface area contributed by atoms with Gasteiger partial charge in [0.2, 0.25) is 5.89 Å². The van der Waals surface area contributed by atoms with E-state index in [4.69, 9.17) is 4.52 Å². The summed E-state index contributed by atoms with van der Waals surface area (Å²) in [5.74, 6) is 1.58. The molecule has 1 saturated heterocycles. The summed E-state index contributed by atoms with van der Waals surface area (Å²) in [7, 11) is 0. The maximum absolute atomic E-state index is 12.6. The van der Waals surface area contributed by atoms with E-state index in [-0.39, 0.29) is 17.4 Å². The molecule has 3 heterocycles. The van der Waals surface area contributed by atoms with Crippen molar-refractivity contribution < 1.29 is 9.32 Å². The molecular formula is C22H24N6O2. The van der Waals surface area contributed by atoms with E-state index in [1.54, 1.807) is 6.07 Å². The van der Waals surface area contributed by atoms with Crippen LogP contribution in [0.1, 0.15) is 40.5 Å². The molecule has 30 heavy (non-hydrogen) atoms. The highest BCUT2D eigenvalue weighted by atomic mass is 16.5. The zero-order chi connectivity index (χ0) is 20.6. The van der Waals surface area contributed by atoms with Crippen LogP contribution in [0.25, 0.3) is 0 Å². The van der Waals surface area contributed by atoms with Gasteiger partial charge in [0.15, 0.2) is 5.82 Å². The van der Waals surface area contributed by atoms with Crippen LogP contribution in [0.3, 0.4) is 0 Å². The van der Waals surface area contributed by atoms with Crippen molar-refractivity contribution in [2.45, 2.75) is 37.8 Å². The molecule has 0 unspecified atom stereocenters. The number of carbonyl (C=O) groups excluding carboxylic acids is 1. The zero-order valence-electron chi connectivity index (χ0n) is 16.9. The van der Waals surface area contributed by atoms with E-state index < -0.39 is 0 Å². The largest absolute Gasteiger partial charge is 0.349 e. The molecule has 3 atom stereocenters. The molecule has 0 spiro atoms. The van der Waals surface area contributed by atoms with Crippen molar-refractivity contribution in [1.82, 2.24) is 30.6 Å². The number of hydrogen-bond donors (Lipinski definition) is 1. The molecule has 1 N–H and O–H groups in total. The number of aryl methyl sites for hydroxylation is 1. The Morgan fingerprint density at radius 3 is 2.87 bits per heavy atom. The Balaban J connectivity index is 1.35. The Morgan fingerprint density at radius 1 is 1.27 bits per heavy atom. The predicted octanol–water partition coefficient (Wildman–Crippen LogP) is 2.13. The standard InChI is InChI=1S/C22H24N6O2/c1-15-25-21(30-27-15)22-10-19(26-20(29)17-7-8-23-24-11-17)9-18(22)13-28(14-22)12-16-5-3-2-4-6-16/h2-8,11,18-19H,9-10,12-14H2,1H3,(H,26,29)/t18-,19+,22-/m0/s1. The van der Waals surface area contributed by atoms with E-state index in [1.165, 1.54) is 18.0 Å². The molecule has 2 aliphatic rings. The van der Waals surface area contributed by atoms with Crippen LogP contribution in [0.5, 0.6) is 0 Å². The summed E-state index contributed by atoms with van der Waals surface area (Å²) in [6, 6.07) is 12.2. The van der Waals surface area contributed by atoms with Crippen LogP contribution < -0.4 is 5.32 Å². The van der Waals surface area contributed by atoms with E-state index in [0.717, 1.165) is 32.5 Å². The first-order valence-electron chi connectivity index (χ1n) is 10.3. The summed E-state index contributed by atoms with van der Waals surface area (Å²) >= 11 is 0. The number of amides is 1. The number of hydrogen-bond acceptors (Lipinski definition) is 7. The number of nitrogens with zero attached hydrogens (tertiary/aromatic N) is 5. The Labute approximate surface area is 174 Å². The van der Waals surface area contributed by atoms with Gasteiger partial charge in [0.05, 0.1) is 23.4 Å². The second-order valence-electron chi connectivity index (χ2n) is 8.40. The molecule has 2 fully saturated rings. The summed E-state index contributed by atoms with van der Waals surface area (Å²) in [6.45, 7) is 4.53. The van der Waals surface area contributed by atoms with Gasteiger partial charge in [-0.3, -0.25) is 9.69 Å². The van der Waals surface area contributed by atoms with Crippen LogP contribution in [0.15, 0.2) is 53.3 Å². The Bertz CT molecular complexity index is 1020. The van der Waals surface area contributed by atoms with E-state index in [0.29, 0.717) is 23.2 Å². The Hall–Kier alpha value is -3.13. The summed E-state index contributed by atoms with van der Waals surface area (Å²) in [5, 5.41) is 14.8. The van der Waals surface area contributed by atoms with Gasteiger partial charge in [-0.25, -0.2) is 0 Å². The second-order valence-corrected chi connectivity index (χ2v) is 8.40. The fraction of sp³-hybridized carbons (Fsp3) is 0.409. The second kappa shape index (κ2) is 7.60. The SMILES string of the molecule is Cc1noc([C@]23C[C@H](NC(=O)c4ccnnc4)C[C@H]2CN(Cc2ccccc2)C3)n1. The summed E-state index contributed by atoms with van der Waals surface area (Å²) in [4.78, 5) is 19.7. The van der Waals surface area contributed by atoms with Gasteiger partial charge in [-0.2, -0.15) is 15.2 Å².